The van der Waals surface area contributed by atoms with Crippen molar-refractivity contribution in [1.82, 2.24) is 10.2 Å². The molecule has 0 fully saturated rings. The average molecular weight is 342 g/mol. The van der Waals surface area contributed by atoms with E-state index < -0.39 is 0 Å². The Morgan fingerprint density at radius 1 is 0.880 bits per heavy atom. The predicted octanol–water partition coefficient (Wildman–Crippen LogP) is 3.79. The fourth-order valence-corrected chi connectivity index (χ4v) is 2.46. The molecule has 4 nitrogen and oxygen atoms in total. The highest BCUT2D eigenvalue weighted by Crippen LogP contribution is 2.10. The van der Waals surface area contributed by atoms with Crippen molar-refractivity contribution >= 4 is 0 Å². The molecule has 2 rings (SSSR count). The number of nitrogens with zero attached hydrogens (tertiary/aromatic N) is 1. The third-order valence-electron chi connectivity index (χ3n) is 4.15. The Bertz CT molecular complexity index is 511. The zero-order valence-corrected chi connectivity index (χ0v) is 15.4. The van der Waals surface area contributed by atoms with E-state index in [1.165, 1.54) is 0 Å². The van der Waals surface area contributed by atoms with Gasteiger partial charge < -0.3 is 14.8 Å². The summed E-state index contributed by atoms with van der Waals surface area (Å²) in [5.74, 6) is 1.84. The summed E-state index contributed by atoms with van der Waals surface area (Å²) >= 11 is 0. The number of nitrogens with one attached hydrogen (secondary N) is 1. The number of ether oxygens (including phenoxy) is 2. The highest BCUT2D eigenvalue weighted by molar-refractivity contribution is 5.21. The van der Waals surface area contributed by atoms with Crippen LogP contribution >= 0.6 is 0 Å². The van der Waals surface area contributed by atoms with Crippen LogP contribution in [-0.4, -0.2) is 43.9 Å². The number of rotatable bonds is 12. The zero-order valence-electron chi connectivity index (χ0n) is 15.4. The third-order valence-corrected chi connectivity index (χ3v) is 4.15. The Balaban J connectivity index is 1.65. The summed E-state index contributed by atoms with van der Waals surface area (Å²) in [6, 6.07) is 20.3. The van der Waals surface area contributed by atoms with Crippen molar-refractivity contribution in [2.45, 2.75) is 26.3 Å². The maximum Gasteiger partial charge on any atom is 0.142 e. The van der Waals surface area contributed by atoms with E-state index in [9.17, 15) is 0 Å². The van der Waals surface area contributed by atoms with Crippen molar-refractivity contribution < 1.29 is 9.47 Å². The van der Waals surface area contributed by atoms with Crippen LogP contribution in [0.4, 0.5) is 0 Å². The Hall–Kier alpha value is -2.04. The van der Waals surface area contributed by atoms with E-state index in [-0.39, 0.29) is 0 Å². The quantitative estimate of drug-likeness (QED) is 0.595. The summed E-state index contributed by atoms with van der Waals surface area (Å²) in [4.78, 5) is 2.28. The molecule has 0 aliphatic heterocycles. The van der Waals surface area contributed by atoms with Gasteiger partial charge in [0.1, 0.15) is 24.8 Å². The minimum absolute atomic E-state index is 0.356. The van der Waals surface area contributed by atoms with Crippen molar-refractivity contribution in [3.8, 4) is 11.5 Å². The standard InChI is InChI=1S/C21H30N2O2/c1-3-19(17-24-20-11-7-5-8-12-20)22-15-16-23(4-2)18-25-21-13-9-6-10-14-21/h5-14,19,22H,3-4,15-18H2,1-2H3. The molecule has 1 unspecified atom stereocenters. The molecule has 2 aromatic rings. The van der Waals surface area contributed by atoms with Crippen LogP contribution in [0.3, 0.4) is 0 Å². The van der Waals surface area contributed by atoms with Gasteiger partial charge in [-0.25, -0.2) is 0 Å². The van der Waals surface area contributed by atoms with Crippen LogP contribution in [-0.2, 0) is 0 Å². The second kappa shape index (κ2) is 11.5. The molecule has 0 heterocycles. The van der Waals surface area contributed by atoms with Crippen molar-refractivity contribution in [1.29, 1.82) is 0 Å². The maximum atomic E-state index is 5.85. The van der Waals surface area contributed by atoms with Crippen molar-refractivity contribution in [2.24, 2.45) is 0 Å². The average Bonchev–Trinajstić information content (AvgIpc) is 2.68. The van der Waals surface area contributed by atoms with E-state index in [1.54, 1.807) is 0 Å². The monoisotopic (exact) mass is 342 g/mol. The zero-order chi connectivity index (χ0) is 17.7. The largest absolute Gasteiger partial charge is 0.492 e. The first-order valence-electron chi connectivity index (χ1n) is 9.13. The molecule has 0 amide bonds. The predicted molar refractivity (Wildman–Crippen MR) is 103 cm³/mol. The molecule has 0 spiro atoms. The first-order valence-corrected chi connectivity index (χ1v) is 9.13. The normalized spacial score (nSPS) is 12.1. The molecule has 1 atom stereocenters. The lowest BCUT2D eigenvalue weighted by molar-refractivity contribution is 0.130. The lowest BCUT2D eigenvalue weighted by atomic mass is 10.2. The molecule has 136 valence electrons. The van der Waals surface area contributed by atoms with Gasteiger partial charge in [-0.1, -0.05) is 50.2 Å². The molecule has 25 heavy (non-hydrogen) atoms. The topological polar surface area (TPSA) is 33.7 Å². The van der Waals surface area contributed by atoms with E-state index in [4.69, 9.17) is 9.47 Å². The molecule has 0 aliphatic rings. The van der Waals surface area contributed by atoms with Crippen molar-refractivity contribution in [3.63, 3.8) is 0 Å². The van der Waals surface area contributed by atoms with Crippen molar-refractivity contribution in [3.05, 3.63) is 60.7 Å². The number of para-hydroxylation sites is 2. The summed E-state index contributed by atoms with van der Waals surface area (Å²) < 4.78 is 11.7. The molecular weight excluding hydrogens is 312 g/mol. The second-order valence-corrected chi connectivity index (χ2v) is 5.98. The molecule has 2 aromatic carbocycles. The summed E-state index contributed by atoms with van der Waals surface area (Å²) in [5, 5.41) is 3.58. The van der Waals surface area contributed by atoms with Gasteiger partial charge in [0.05, 0.1) is 0 Å². The first-order chi connectivity index (χ1) is 12.3. The minimum Gasteiger partial charge on any atom is -0.492 e. The van der Waals surface area contributed by atoms with Gasteiger partial charge in [-0.05, 0) is 37.2 Å². The number of likely N-dealkylation sites (N-methyl/N-ethyl adjacent to an activating group) is 1. The molecule has 0 saturated carbocycles. The molecule has 1 N–H and O–H groups in total. The van der Waals surface area contributed by atoms with Crippen LogP contribution in [0.15, 0.2) is 60.7 Å². The number of hydrogen-bond acceptors (Lipinski definition) is 4. The van der Waals surface area contributed by atoms with Crippen LogP contribution in [0.2, 0.25) is 0 Å². The van der Waals surface area contributed by atoms with Gasteiger partial charge in [0, 0.05) is 19.1 Å². The molecule has 4 heteroatoms. The number of hydrogen-bond donors (Lipinski definition) is 1. The van der Waals surface area contributed by atoms with Gasteiger partial charge in [0.2, 0.25) is 0 Å². The molecule has 0 radical (unpaired) electrons. The first kappa shape index (κ1) is 19.3. The van der Waals surface area contributed by atoms with E-state index in [1.807, 2.05) is 60.7 Å². The van der Waals surface area contributed by atoms with Crippen LogP contribution < -0.4 is 14.8 Å². The Kier molecular flexibility index (Phi) is 8.87. The van der Waals surface area contributed by atoms with E-state index in [0.29, 0.717) is 19.4 Å². The molecular formula is C21H30N2O2. The molecule has 0 aliphatic carbocycles. The highest BCUT2D eigenvalue weighted by Gasteiger charge is 2.08. The Labute approximate surface area is 151 Å². The highest BCUT2D eigenvalue weighted by atomic mass is 16.5. The van der Waals surface area contributed by atoms with E-state index >= 15 is 0 Å². The van der Waals surface area contributed by atoms with Crippen molar-refractivity contribution in [2.75, 3.05) is 33.0 Å². The Morgan fingerprint density at radius 3 is 2.04 bits per heavy atom. The maximum absolute atomic E-state index is 5.85. The van der Waals surface area contributed by atoms with Crippen LogP contribution in [0.1, 0.15) is 20.3 Å². The lowest BCUT2D eigenvalue weighted by Gasteiger charge is -2.23. The molecule has 0 aromatic heterocycles. The summed E-state index contributed by atoms with van der Waals surface area (Å²) in [7, 11) is 0. The smallest absolute Gasteiger partial charge is 0.142 e. The van der Waals surface area contributed by atoms with Gasteiger partial charge >= 0.3 is 0 Å². The Morgan fingerprint density at radius 2 is 1.48 bits per heavy atom. The summed E-state index contributed by atoms with van der Waals surface area (Å²) in [6.07, 6.45) is 1.04. The van der Waals surface area contributed by atoms with Gasteiger partial charge in [-0.3, -0.25) is 4.90 Å². The van der Waals surface area contributed by atoms with Gasteiger partial charge in [-0.15, -0.1) is 0 Å². The van der Waals surface area contributed by atoms with Gasteiger partial charge in [0.15, 0.2) is 0 Å². The number of benzene rings is 2. The summed E-state index contributed by atoms with van der Waals surface area (Å²) in [5.41, 5.74) is 0. The third kappa shape index (κ3) is 7.59. The molecule has 0 bridgehead atoms. The summed E-state index contributed by atoms with van der Waals surface area (Å²) in [6.45, 7) is 8.47. The van der Waals surface area contributed by atoms with Gasteiger partial charge in [0.25, 0.3) is 0 Å². The fraction of sp³-hybridized carbons (Fsp3) is 0.429. The minimum atomic E-state index is 0.356. The van der Waals surface area contributed by atoms with Gasteiger partial charge in [-0.2, -0.15) is 0 Å². The van der Waals surface area contributed by atoms with Crippen LogP contribution in [0.25, 0.3) is 0 Å². The van der Waals surface area contributed by atoms with Crippen LogP contribution in [0.5, 0.6) is 11.5 Å². The van der Waals surface area contributed by atoms with Crippen LogP contribution in [0, 0.1) is 0 Å². The SMILES string of the molecule is CCC(COc1ccccc1)NCCN(CC)COc1ccccc1. The van der Waals surface area contributed by atoms with E-state index in [2.05, 4.69) is 24.1 Å². The molecule has 0 saturated heterocycles. The lowest BCUT2D eigenvalue weighted by Crippen LogP contribution is -2.40. The second-order valence-electron chi connectivity index (χ2n) is 5.98. The fourth-order valence-electron chi connectivity index (χ4n) is 2.46. The van der Waals surface area contributed by atoms with E-state index in [0.717, 1.165) is 37.6 Å².